The molecule has 0 aliphatic rings. The highest BCUT2D eigenvalue weighted by Gasteiger charge is 2.09. The van der Waals surface area contributed by atoms with Gasteiger partial charge in [-0.25, -0.2) is 0 Å². The van der Waals surface area contributed by atoms with Crippen LogP contribution in [0.2, 0.25) is 0 Å². The number of rotatable bonds is 7. The predicted octanol–water partition coefficient (Wildman–Crippen LogP) is 0.0948. The predicted molar refractivity (Wildman–Crippen MR) is 52.8 cm³/mol. The monoisotopic (exact) mass is 202 g/mol. The lowest BCUT2D eigenvalue weighted by Gasteiger charge is -2.09. The number of amides is 1. The summed E-state index contributed by atoms with van der Waals surface area (Å²) < 4.78 is 0. The zero-order valence-electron chi connectivity index (χ0n) is 8.45. The molecule has 0 aromatic heterocycles. The standard InChI is InChI=1S/C9H18N2O3/c1-2-7(10)9(14)11-6-4-3-5-8(12)13/h7H,2-6,10H2,1H3,(H,11,14)(H,12,13). The summed E-state index contributed by atoms with van der Waals surface area (Å²) in [7, 11) is 0. The van der Waals surface area contributed by atoms with Crippen molar-refractivity contribution in [3.05, 3.63) is 0 Å². The SMILES string of the molecule is CCC(N)C(=O)NCCCCC(=O)O. The highest BCUT2D eigenvalue weighted by molar-refractivity contribution is 5.81. The maximum Gasteiger partial charge on any atom is 0.303 e. The fourth-order valence-electron chi connectivity index (χ4n) is 0.929. The van der Waals surface area contributed by atoms with Gasteiger partial charge in [0, 0.05) is 13.0 Å². The first-order chi connectivity index (χ1) is 6.57. The lowest BCUT2D eigenvalue weighted by atomic mass is 10.2. The van der Waals surface area contributed by atoms with Crippen LogP contribution in [0.15, 0.2) is 0 Å². The van der Waals surface area contributed by atoms with Crippen LogP contribution in [0, 0.1) is 0 Å². The zero-order chi connectivity index (χ0) is 11.0. The van der Waals surface area contributed by atoms with E-state index < -0.39 is 12.0 Å². The van der Waals surface area contributed by atoms with Crippen molar-refractivity contribution in [2.75, 3.05) is 6.54 Å². The van der Waals surface area contributed by atoms with Crippen LogP contribution in [0.3, 0.4) is 0 Å². The van der Waals surface area contributed by atoms with E-state index in [1.807, 2.05) is 6.92 Å². The van der Waals surface area contributed by atoms with Crippen molar-refractivity contribution in [3.63, 3.8) is 0 Å². The Bertz CT molecular complexity index is 194. The maximum absolute atomic E-state index is 11.1. The number of carboxylic acid groups (broad SMARTS) is 1. The molecule has 1 atom stereocenters. The number of hydrogen-bond donors (Lipinski definition) is 3. The zero-order valence-corrected chi connectivity index (χ0v) is 8.45. The molecule has 0 spiro atoms. The Kier molecular flexibility index (Phi) is 6.74. The normalized spacial score (nSPS) is 12.1. The average Bonchev–Trinajstić information content (AvgIpc) is 2.15. The Labute approximate surface area is 83.7 Å². The van der Waals surface area contributed by atoms with E-state index >= 15 is 0 Å². The van der Waals surface area contributed by atoms with Gasteiger partial charge >= 0.3 is 5.97 Å². The summed E-state index contributed by atoms with van der Waals surface area (Å²) >= 11 is 0. The first-order valence-electron chi connectivity index (χ1n) is 4.83. The third kappa shape index (κ3) is 6.42. The molecular weight excluding hydrogens is 184 g/mol. The summed E-state index contributed by atoms with van der Waals surface area (Å²) in [6.07, 6.45) is 2.02. The molecule has 0 heterocycles. The number of nitrogens with one attached hydrogen (secondary N) is 1. The van der Waals surface area contributed by atoms with Crippen molar-refractivity contribution in [1.29, 1.82) is 0 Å². The van der Waals surface area contributed by atoms with E-state index in [-0.39, 0.29) is 12.3 Å². The summed E-state index contributed by atoms with van der Waals surface area (Å²) in [5.74, 6) is -0.968. The van der Waals surface area contributed by atoms with Gasteiger partial charge in [-0.3, -0.25) is 9.59 Å². The molecule has 5 nitrogen and oxygen atoms in total. The molecule has 0 bridgehead atoms. The number of nitrogens with two attached hydrogens (primary N) is 1. The molecule has 0 aliphatic carbocycles. The van der Waals surface area contributed by atoms with Crippen molar-refractivity contribution < 1.29 is 14.7 Å². The molecule has 5 heteroatoms. The first-order valence-corrected chi connectivity index (χ1v) is 4.83. The Morgan fingerprint density at radius 2 is 2.07 bits per heavy atom. The maximum atomic E-state index is 11.1. The van der Waals surface area contributed by atoms with Crippen molar-refractivity contribution >= 4 is 11.9 Å². The third-order valence-electron chi connectivity index (χ3n) is 1.89. The number of aliphatic carboxylic acids is 1. The minimum atomic E-state index is -0.804. The van der Waals surface area contributed by atoms with Crippen LogP contribution in [-0.4, -0.2) is 29.6 Å². The smallest absolute Gasteiger partial charge is 0.303 e. The summed E-state index contributed by atoms with van der Waals surface area (Å²) in [4.78, 5) is 21.3. The van der Waals surface area contributed by atoms with Crippen molar-refractivity contribution in [2.24, 2.45) is 5.73 Å². The number of carbonyl (C=O) groups is 2. The second kappa shape index (κ2) is 7.32. The molecule has 0 saturated carbocycles. The molecule has 0 aromatic carbocycles. The average molecular weight is 202 g/mol. The van der Waals surface area contributed by atoms with Crippen LogP contribution in [-0.2, 0) is 9.59 Å². The molecule has 82 valence electrons. The minimum absolute atomic E-state index is 0.149. The second-order valence-electron chi connectivity index (χ2n) is 3.16. The molecule has 0 rings (SSSR count). The van der Waals surface area contributed by atoms with E-state index in [2.05, 4.69) is 5.32 Å². The van der Waals surface area contributed by atoms with Gasteiger partial charge in [-0.15, -0.1) is 0 Å². The topological polar surface area (TPSA) is 92.4 Å². The van der Waals surface area contributed by atoms with Crippen LogP contribution in [0.1, 0.15) is 32.6 Å². The van der Waals surface area contributed by atoms with E-state index in [4.69, 9.17) is 10.8 Å². The van der Waals surface area contributed by atoms with Crippen LogP contribution in [0.4, 0.5) is 0 Å². The molecule has 1 unspecified atom stereocenters. The lowest BCUT2D eigenvalue weighted by Crippen LogP contribution is -2.40. The largest absolute Gasteiger partial charge is 0.481 e. The highest BCUT2D eigenvalue weighted by atomic mass is 16.4. The summed E-state index contributed by atoms with van der Waals surface area (Å²) in [5.41, 5.74) is 5.47. The molecule has 4 N–H and O–H groups in total. The second-order valence-corrected chi connectivity index (χ2v) is 3.16. The van der Waals surface area contributed by atoms with Crippen molar-refractivity contribution in [3.8, 4) is 0 Å². The van der Waals surface area contributed by atoms with Crippen LogP contribution in [0.5, 0.6) is 0 Å². The summed E-state index contributed by atoms with van der Waals surface area (Å²) in [6, 6.07) is -0.450. The van der Waals surface area contributed by atoms with Crippen LogP contribution >= 0.6 is 0 Å². The highest BCUT2D eigenvalue weighted by Crippen LogP contribution is 1.94. The third-order valence-corrected chi connectivity index (χ3v) is 1.89. The molecule has 1 amide bonds. The van der Waals surface area contributed by atoms with Gasteiger partial charge in [0.05, 0.1) is 6.04 Å². The minimum Gasteiger partial charge on any atom is -0.481 e. The Hall–Kier alpha value is -1.10. The summed E-state index contributed by atoms with van der Waals surface area (Å²) in [6.45, 7) is 2.34. The van der Waals surface area contributed by atoms with Gasteiger partial charge in [0.15, 0.2) is 0 Å². The fraction of sp³-hybridized carbons (Fsp3) is 0.778. The van der Waals surface area contributed by atoms with Crippen LogP contribution < -0.4 is 11.1 Å². The molecule has 0 aliphatic heterocycles. The number of hydrogen-bond acceptors (Lipinski definition) is 3. The van der Waals surface area contributed by atoms with Crippen LogP contribution in [0.25, 0.3) is 0 Å². The van der Waals surface area contributed by atoms with Gasteiger partial charge in [-0.05, 0) is 19.3 Å². The van der Waals surface area contributed by atoms with Gasteiger partial charge in [-0.1, -0.05) is 6.92 Å². The molecule has 0 aromatic rings. The van der Waals surface area contributed by atoms with Crippen molar-refractivity contribution in [2.45, 2.75) is 38.6 Å². The Morgan fingerprint density at radius 1 is 1.43 bits per heavy atom. The number of carbonyl (C=O) groups excluding carboxylic acids is 1. The fourth-order valence-corrected chi connectivity index (χ4v) is 0.929. The Morgan fingerprint density at radius 3 is 2.57 bits per heavy atom. The molecule has 0 radical (unpaired) electrons. The molecule has 0 saturated heterocycles. The lowest BCUT2D eigenvalue weighted by molar-refractivity contribution is -0.137. The van der Waals surface area contributed by atoms with Gasteiger partial charge in [0.25, 0.3) is 0 Å². The summed E-state index contributed by atoms with van der Waals surface area (Å²) in [5, 5.41) is 11.0. The molecule has 14 heavy (non-hydrogen) atoms. The Balaban J connectivity index is 3.36. The van der Waals surface area contributed by atoms with Crippen molar-refractivity contribution in [1.82, 2.24) is 5.32 Å². The van der Waals surface area contributed by atoms with E-state index in [0.717, 1.165) is 0 Å². The quantitative estimate of drug-likeness (QED) is 0.510. The van der Waals surface area contributed by atoms with E-state index in [1.165, 1.54) is 0 Å². The van der Waals surface area contributed by atoms with Gasteiger partial charge in [0.1, 0.15) is 0 Å². The molecular formula is C9H18N2O3. The van der Waals surface area contributed by atoms with Gasteiger partial charge < -0.3 is 16.2 Å². The van der Waals surface area contributed by atoms with E-state index in [9.17, 15) is 9.59 Å². The van der Waals surface area contributed by atoms with Gasteiger partial charge in [0.2, 0.25) is 5.91 Å². The number of unbranched alkanes of at least 4 members (excludes halogenated alkanes) is 1. The van der Waals surface area contributed by atoms with E-state index in [0.29, 0.717) is 25.8 Å². The molecule has 0 fully saturated rings. The number of carboxylic acids is 1. The van der Waals surface area contributed by atoms with E-state index in [1.54, 1.807) is 0 Å². The van der Waals surface area contributed by atoms with Gasteiger partial charge in [-0.2, -0.15) is 0 Å². The first kappa shape index (κ1) is 12.9.